The molecule has 0 spiro atoms. The highest BCUT2D eigenvalue weighted by atomic mass is 35.5. The van der Waals surface area contributed by atoms with Gasteiger partial charge in [-0.1, -0.05) is 79.0 Å². The second kappa shape index (κ2) is 10.9. The molecule has 44 heavy (non-hydrogen) atoms. The number of hydrogen-bond acceptors (Lipinski definition) is 5. The first-order chi connectivity index (χ1) is 21.6. The molecule has 0 bridgehead atoms. The van der Waals surface area contributed by atoms with E-state index in [9.17, 15) is 10.1 Å². The van der Waals surface area contributed by atoms with E-state index in [-0.39, 0.29) is 17.9 Å². The smallest absolute Gasteiger partial charge is 0.338 e. The van der Waals surface area contributed by atoms with Gasteiger partial charge in [0.1, 0.15) is 12.7 Å². The first kappa shape index (κ1) is 27.2. The molecule has 4 aliphatic rings. The summed E-state index contributed by atoms with van der Waals surface area (Å²) in [7, 11) is 0. The number of ether oxygens (including phenoxy) is 1. The number of hydrazone groups is 1. The number of nitrogens with zero attached hydrogens (tertiary/aromatic N) is 3. The van der Waals surface area contributed by atoms with Gasteiger partial charge in [0.15, 0.2) is 0 Å². The van der Waals surface area contributed by atoms with Gasteiger partial charge in [0, 0.05) is 17.4 Å². The normalized spacial score (nSPS) is 20.4. The lowest BCUT2D eigenvalue weighted by Crippen LogP contribution is -2.40. The van der Waals surface area contributed by atoms with Crippen LogP contribution in [-0.4, -0.2) is 24.3 Å². The molecule has 1 heterocycles. The number of anilines is 1. The maximum Gasteiger partial charge on any atom is 0.338 e. The lowest BCUT2D eigenvalue weighted by molar-refractivity contribution is 0.0493. The number of aryl methyl sites for hydroxylation is 1. The summed E-state index contributed by atoms with van der Waals surface area (Å²) >= 11 is 6.47. The Hall–Kier alpha value is -4.40. The molecule has 3 aliphatic carbocycles. The molecule has 0 aromatic heterocycles. The van der Waals surface area contributed by atoms with Crippen molar-refractivity contribution in [3.8, 4) is 17.2 Å². The van der Waals surface area contributed by atoms with E-state index in [4.69, 9.17) is 21.4 Å². The molecule has 2 unspecified atom stereocenters. The van der Waals surface area contributed by atoms with Gasteiger partial charge in [0.2, 0.25) is 0 Å². The fraction of sp³-hybridized carbons (Fsp3) is 0.289. The molecule has 0 N–H and O–H groups in total. The van der Waals surface area contributed by atoms with Crippen molar-refractivity contribution in [3.05, 3.63) is 123 Å². The number of nitriles is 1. The van der Waals surface area contributed by atoms with Gasteiger partial charge in [-0.25, -0.2) is 4.79 Å². The van der Waals surface area contributed by atoms with Crippen LogP contribution in [0.1, 0.15) is 76.2 Å². The first-order valence-electron chi connectivity index (χ1n) is 15.7. The van der Waals surface area contributed by atoms with E-state index >= 15 is 0 Å². The topological polar surface area (TPSA) is 65.7 Å². The molecular formula is C38H32ClN3O2. The van der Waals surface area contributed by atoms with Crippen molar-refractivity contribution < 1.29 is 9.53 Å². The average Bonchev–Trinajstić information content (AvgIpc) is 3.80. The van der Waals surface area contributed by atoms with Crippen LogP contribution in [0.4, 0.5) is 5.69 Å². The third-order valence-electron chi connectivity index (χ3n) is 10.2. The molecule has 2 atom stereocenters. The summed E-state index contributed by atoms with van der Waals surface area (Å²) in [5, 5.41) is 17.3. The SMILES string of the molecule is N#Cc1ccc(N2N=C3c4ccc(C(=O)OCC5c6ccccc6-c6ccccc65)cc4CCC3C2C2CCCC2)cc1Cl. The Balaban J connectivity index is 1.06. The highest BCUT2D eigenvalue weighted by Crippen LogP contribution is 2.46. The maximum absolute atomic E-state index is 13.4. The summed E-state index contributed by atoms with van der Waals surface area (Å²) in [6.07, 6.45) is 6.81. The van der Waals surface area contributed by atoms with Crippen molar-refractivity contribution in [2.24, 2.45) is 16.9 Å². The van der Waals surface area contributed by atoms with Crippen LogP contribution in [0.5, 0.6) is 0 Å². The van der Waals surface area contributed by atoms with Crippen LogP contribution in [0, 0.1) is 23.2 Å². The minimum absolute atomic E-state index is 0.0341. The maximum atomic E-state index is 13.4. The van der Waals surface area contributed by atoms with Crippen LogP contribution in [0.25, 0.3) is 11.1 Å². The van der Waals surface area contributed by atoms with Crippen molar-refractivity contribution in [1.29, 1.82) is 5.26 Å². The molecule has 0 radical (unpaired) electrons. The second-order valence-electron chi connectivity index (χ2n) is 12.5. The third kappa shape index (κ3) is 4.43. The highest BCUT2D eigenvalue weighted by molar-refractivity contribution is 6.32. The van der Waals surface area contributed by atoms with E-state index in [0.29, 0.717) is 34.6 Å². The fourth-order valence-electron chi connectivity index (χ4n) is 8.11. The molecule has 6 heteroatoms. The molecule has 1 aliphatic heterocycles. The predicted molar refractivity (Wildman–Crippen MR) is 173 cm³/mol. The first-order valence-corrected chi connectivity index (χ1v) is 16.0. The van der Waals surface area contributed by atoms with Crippen molar-refractivity contribution in [1.82, 2.24) is 0 Å². The molecule has 4 aromatic rings. The number of esters is 1. The van der Waals surface area contributed by atoms with Gasteiger partial charge in [0.05, 0.1) is 33.6 Å². The lowest BCUT2D eigenvalue weighted by atomic mass is 9.75. The number of halogens is 1. The summed E-state index contributed by atoms with van der Waals surface area (Å²) in [5.74, 6) is 0.632. The second-order valence-corrected chi connectivity index (χ2v) is 12.9. The summed E-state index contributed by atoms with van der Waals surface area (Å²) in [4.78, 5) is 13.4. The average molecular weight is 598 g/mol. The quantitative estimate of drug-likeness (QED) is 0.216. The molecule has 218 valence electrons. The zero-order chi connectivity index (χ0) is 29.8. The number of fused-ring (bicyclic) bond motifs is 6. The number of benzene rings is 4. The Morgan fingerprint density at radius 2 is 1.64 bits per heavy atom. The number of carbonyl (C=O) groups excluding carboxylic acids is 1. The Morgan fingerprint density at radius 3 is 2.34 bits per heavy atom. The Morgan fingerprint density at radius 1 is 0.909 bits per heavy atom. The lowest BCUT2D eigenvalue weighted by Gasteiger charge is -2.34. The van der Waals surface area contributed by atoms with Crippen molar-refractivity contribution in [3.63, 3.8) is 0 Å². The summed E-state index contributed by atoms with van der Waals surface area (Å²) in [5.41, 5.74) is 10.2. The molecule has 1 saturated carbocycles. The number of rotatable bonds is 5. The Bertz CT molecular complexity index is 1820. The molecule has 5 nitrogen and oxygen atoms in total. The van der Waals surface area contributed by atoms with Gasteiger partial charge in [-0.2, -0.15) is 10.4 Å². The van der Waals surface area contributed by atoms with Gasteiger partial charge >= 0.3 is 5.97 Å². The van der Waals surface area contributed by atoms with Gasteiger partial charge in [-0.15, -0.1) is 0 Å². The minimum atomic E-state index is -0.289. The van der Waals surface area contributed by atoms with E-state index in [1.807, 2.05) is 24.3 Å². The van der Waals surface area contributed by atoms with E-state index in [1.165, 1.54) is 47.9 Å². The van der Waals surface area contributed by atoms with Crippen LogP contribution >= 0.6 is 11.6 Å². The molecule has 4 aromatic carbocycles. The van der Waals surface area contributed by atoms with E-state index in [0.717, 1.165) is 35.4 Å². The van der Waals surface area contributed by atoms with Crippen LogP contribution in [0.2, 0.25) is 5.02 Å². The zero-order valence-corrected chi connectivity index (χ0v) is 25.1. The molecule has 0 saturated heterocycles. The number of hydrogen-bond donors (Lipinski definition) is 0. The van der Waals surface area contributed by atoms with Crippen LogP contribution in [0.15, 0.2) is 90.0 Å². The third-order valence-corrected chi connectivity index (χ3v) is 10.5. The standard InChI is InChI=1S/C38H32ClN3O2/c39-35-20-27(16-13-26(35)21-40)42-37(23-7-1-2-8-23)33-18-14-24-19-25(15-17-28(24)36(33)41-42)38(43)44-22-34-31-11-5-3-9-29(31)30-10-4-6-12-32(30)34/h3-6,9-13,15-17,19-20,23,33-34,37H,1-2,7-8,14,18,22H2. The van der Waals surface area contributed by atoms with Crippen LogP contribution in [-0.2, 0) is 11.2 Å². The van der Waals surface area contributed by atoms with E-state index in [2.05, 4.69) is 65.7 Å². The molecular weight excluding hydrogens is 566 g/mol. The molecule has 8 rings (SSSR count). The highest BCUT2D eigenvalue weighted by Gasteiger charge is 2.45. The fourth-order valence-corrected chi connectivity index (χ4v) is 8.33. The largest absolute Gasteiger partial charge is 0.461 e. The summed E-state index contributed by atoms with van der Waals surface area (Å²) in [6.45, 7) is 0.309. The predicted octanol–water partition coefficient (Wildman–Crippen LogP) is 8.53. The summed E-state index contributed by atoms with van der Waals surface area (Å²) < 4.78 is 5.98. The van der Waals surface area contributed by atoms with Gasteiger partial charge in [-0.05, 0) is 89.8 Å². The number of carbonyl (C=O) groups is 1. The van der Waals surface area contributed by atoms with E-state index < -0.39 is 0 Å². The van der Waals surface area contributed by atoms with Crippen molar-refractivity contribution >= 4 is 29.0 Å². The zero-order valence-electron chi connectivity index (χ0n) is 24.4. The van der Waals surface area contributed by atoms with Gasteiger partial charge in [0.25, 0.3) is 0 Å². The van der Waals surface area contributed by atoms with Crippen LogP contribution in [0.3, 0.4) is 0 Å². The van der Waals surface area contributed by atoms with Gasteiger partial charge < -0.3 is 4.74 Å². The summed E-state index contributed by atoms with van der Waals surface area (Å²) in [6, 6.07) is 30.8. The van der Waals surface area contributed by atoms with E-state index in [1.54, 1.807) is 6.07 Å². The van der Waals surface area contributed by atoms with Crippen LogP contribution < -0.4 is 5.01 Å². The van der Waals surface area contributed by atoms with Crippen molar-refractivity contribution in [2.75, 3.05) is 11.6 Å². The Labute approximate surface area is 262 Å². The minimum Gasteiger partial charge on any atom is -0.461 e. The molecule has 1 fully saturated rings. The monoisotopic (exact) mass is 597 g/mol. The van der Waals surface area contributed by atoms with Crippen molar-refractivity contribution in [2.45, 2.75) is 50.5 Å². The molecule has 0 amide bonds. The van der Waals surface area contributed by atoms with Gasteiger partial charge in [-0.3, -0.25) is 5.01 Å². The Kier molecular flexibility index (Phi) is 6.76.